The maximum absolute atomic E-state index is 6.14. The number of nitrogens with one attached hydrogen (secondary N) is 1. The summed E-state index contributed by atoms with van der Waals surface area (Å²) in [6, 6.07) is 1.64. The number of nitrogens with zero attached hydrogens (tertiary/aromatic N) is 1. The Kier molecular flexibility index (Phi) is 5.09. The van der Waals surface area contributed by atoms with Gasteiger partial charge in [0.1, 0.15) is 11.6 Å². The number of pyridine rings is 1. The van der Waals surface area contributed by atoms with Crippen LogP contribution in [-0.2, 0) is 0 Å². The standard InChI is InChI=1S/C13H19Cl2N3S/c1-19-13(5-3-2-4-6-13)8-17-12-10(15)7-9(14)11(16)18-12/h7H,2-6,8H2,1H3,(H3,16,17,18). The Morgan fingerprint density at radius 2 is 2.00 bits per heavy atom. The zero-order valence-corrected chi connectivity index (χ0v) is 13.3. The summed E-state index contributed by atoms with van der Waals surface area (Å²) in [5, 5.41) is 4.26. The largest absolute Gasteiger partial charge is 0.382 e. The highest BCUT2D eigenvalue weighted by Crippen LogP contribution is 2.39. The quantitative estimate of drug-likeness (QED) is 0.860. The van der Waals surface area contributed by atoms with Crippen molar-refractivity contribution in [1.29, 1.82) is 0 Å². The van der Waals surface area contributed by atoms with Crippen LogP contribution in [0, 0.1) is 0 Å². The number of thioether (sulfide) groups is 1. The summed E-state index contributed by atoms with van der Waals surface area (Å²) in [5.41, 5.74) is 5.72. The molecule has 1 aromatic rings. The first-order chi connectivity index (χ1) is 9.06. The van der Waals surface area contributed by atoms with Crippen molar-refractivity contribution in [2.75, 3.05) is 23.9 Å². The zero-order chi connectivity index (χ0) is 13.9. The van der Waals surface area contributed by atoms with Gasteiger partial charge in [-0.1, -0.05) is 42.5 Å². The molecule has 6 heteroatoms. The van der Waals surface area contributed by atoms with Gasteiger partial charge in [-0.15, -0.1) is 0 Å². The number of rotatable bonds is 4. The summed E-state index contributed by atoms with van der Waals surface area (Å²) in [7, 11) is 0. The van der Waals surface area contributed by atoms with E-state index in [1.807, 2.05) is 11.8 Å². The maximum atomic E-state index is 6.14. The number of anilines is 2. The van der Waals surface area contributed by atoms with Crippen molar-refractivity contribution in [3.63, 3.8) is 0 Å². The molecule has 0 aromatic carbocycles. The molecule has 0 radical (unpaired) electrons. The maximum Gasteiger partial charge on any atom is 0.147 e. The summed E-state index contributed by atoms with van der Waals surface area (Å²) in [5.74, 6) is 0.943. The molecule has 1 aromatic heterocycles. The van der Waals surface area contributed by atoms with Crippen LogP contribution in [0.5, 0.6) is 0 Å². The SMILES string of the molecule is CSC1(CNc2nc(N)c(Cl)cc2Cl)CCCCC1. The molecule has 1 saturated carbocycles. The predicted molar refractivity (Wildman–Crippen MR) is 86.5 cm³/mol. The molecule has 0 aliphatic heterocycles. The number of aromatic nitrogens is 1. The molecule has 0 saturated heterocycles. The van der Waals surface area contributed by atoms with Gasteiger partial charge in [0.15, 0.2) is 0 Å². The molecule has 0 atom stereocenters. The number of hydrogen-bond acceptors (Lipinski definition) is 4. The molecule has 19 heavy (non-hydrogen) atoms. The Labute approximate surface area is 128 Å². The van der Waals surface area contributed by atoms with Gasteiger partial charge in [-0.3, -0.25) is 0 Å². The van der Waals surface area contributed by atoms with Crippen molar-refractivity contribution >= 4 is 46.6 Å². The predicted octanol–water partition coefficient (Wildman–Crippen LogP) is 4.45. The highest BCUT2D eigenvalue weighted by molar-refractivity contribution is 8.00. The Morgan fingerprint density at radius 3 is 2.63 bits per heavy atom. The van der Waals surface area contributed by atoms with Crippen LogP contribution in [0.2, 0.25) is 10.0 Å². The normalized spacial score (nSPS) is 18.3. The summed E-state index contributed by atoms with van der Waals surface area (Å²) in [4.78, 5) is 4.22. The van der Waals surface area contributed by atoms with Crippen LogP contribution in [0.15, 0.2) is 6.07 Å². The van der Waals surface area contributed by atoms with Crippen LogP contribution in [0.3, 0.4) is 0 Å². The van der Waals surface area contributed by atoms with Gasteiger partial charge in [-0.2, -0.15) is 11.8 Å². The Hall–Kier alpha value is -0.320. The molecular weight excluding hydrogens is 301 g/mol. The van der Waals surface area contributed by atoms with Crippen LogP contribution in [0.4, 0.5) is 11.6 Å². The van der Waals surface area contributed by atoms with Gasteiger partial charge in [-0.25, -0.2) is 4.98 Å². The fourth-order valence-corrected chi connectivity index (χ4v) is 3.84. The van der Waals surface area contributed by atoms with Crippen LogP contribution in [-0.4, -0.2) is 22.5 Å². The lowest BCUT2D eigenvalue weighted by molar-refractivity contribution is 0.411. The molecule has 3 N–H and O–H groups in total. The molecule has 0 bridgehead atoms. The number of hydrogen-bond donors (Lipinski definition) is 2. The summed E-state index contributed by atoms with van der Waals surface area (Å²) < 4.78 is 0.289. The van der Waals surface area contributed by atoms with Gasteiger partial charge < -0.3 is 11.1 Å². The minimum atomic E-state index is 0.289. The molecule has 0 amide bonds. The molecule has 2 rings (SSSR count). The van der Waals surface area contributed by atoms with E-state index in [4.69, 9.17) is 28.9 Å². The van der Waals surface area contributed by atoms with E-state index in [9.17, 15) is 0 Å². The second kappa shape index (κ2) is 6.42. The minimum absolute atomic E-state index is 0.289. The van der Waals surface area contributed by atoms with Gasteiger partial charge >= 0.3 is 0 Å². The summed E-state index contributed by atoms with van der Waals surface area (Å²) >= 11 is 14.0. The molecule has 1 heterocycles. The third kappa shape index (κ3) is 3.61. The topological polar surface area (TPSA) is 50.9 Å². The average Bonchev–Trinajstić information content (AvgIpc) is 2.42. The van der Waals surface area contributed by atoms with Crippen molar-refractivity contribution in [2.45, 2.75) is 36.9 Å². The Bertz CT molecular complexity index is 448. The fourth-order valence-electron chi connectivity index (χ4n) is 2.50. The first kappa shape index (κ1) is 15.1. The molecular formula is C13H19Cl2N3S. The highest BCUT2D eigenvalue weighted by atomic mass is 35.5. The first-order valence-corrected chi connectivity index (χ1v) is 8.45. The zero-order valence-electron chi connectivity index (χ0n) is 11.0. The summed E-state index contributed by atoms with van der Waals surface area (Å²) in [6.07, 6.45) is 8.59. The van der Waals surface area contributed by atoms with E-state index in [1.165, 1.54) is 32.1 Å². The van der Waals surface area contributed by atoms with E-state index < -0.39 is 0 Å². The molecule has 3 nitrogen and oxygen atoms in total. The molecule has 106 valence electrons. The molecule has 0 spiro atoms. The second-order valence-electron chi connectivity index (χ2n) is 4.99. The Balaban J connectivity index is 2.07. The average molecular weight is 320 g/mol. The lowest BCUT2D eigenvalue weighted by Gasteiger charge is -2.36. The van der Waals surface area contributed by atoms with E-state index in [0.717, 1.165) is 6.54 Å². The molecule has 0 unspecified atom stereocenters. The van der Waals surface area contributed by atoms with Crippen molar-refractivity contribution in [1.82, 2.24) is 4.98 Å². The van der Waals surface area contributed by atoms with Gasteiger partial charge in [-0.05, 0) is 25.2 Å². The number of nitrogen functional groups attached to an aromatic ring is 1. The monoisotopic (exact) mass is 319 g/mol. The minimum Gasteiger partial charge on any atom is -0.382 e. The number of halogens is 2. The van der Waals surface area contributed by atoms with E-state index in [2.05, 4.69) is 16.6 Å². The van der Waals surface area contributed by atoms with E-state index >= 15 is 0 Å². The molecule has 1 aliphatic carbocycles. The third-order valence-electron chi connectivity index (χ3n) is 3.73. The smallest absolute Gasteiger partial charge is 0.147 e. The third-order valence-corrected chi connectivity index (χ3v) is 5.74. The highest BCUT2D eigenvalue weighted by Gasteiger charge is 2.31. The number of nitrogens with two attached hydrogens (primary N) is 1. The first-order valence-electron chi connectivity index (χ1n) is 6.47. The fraction of sp³-hybridized carbons (Fsp3) is 0.615. The molecule has 1 fully saturated rings. The van der Waals surface area contributed by atoms with Gasteiger partial charge in [0.25, 0.3) is 0 Å². The Morgan fingerprint density at radius 1 is 1.32 bits per heavy atom. The van der Waals surface area contributed by atoms with Crippen LogP contribution in [0.1, 0.15) is 32.1 Å². The van der Waals surface area contributed by atoms with Crippen molar-refractivity contribution in [2.24, 2.45) is 0 Å². The van der Waals surface area contributed by atoms with Crippen molar-refractivity contribution in [3.8, 4) is 0 Å². The second-order valence-corrected chi connectivity index (χ2v) is 7.08. The van der Waals surface area contributed by atoms with Gasteiger partial charge in [0.2, 0.25) is 0 Å². The van der Waals surface area contributed by atoms with E-state index in [-0.39, 0.29) is 4.75 Å². The lowest BCUT2D eigenvalue weighted by atomic mass is 9.88. The van der Waals surface area contributed by atoms with Gasteiger partial charge in [0, 0.05) is 11.3 Å². The van der Waals surface area contributed by atoms with Crippen LogP contribution in [0.25, 0.3) is 0 Å². The molecule has 1 aliphatic rings. The lowest BCUT2D eigenvalue weighted by Crippen LogP contribution is -2.35. The van der Waals surface area contributed by atoms with E-state index in [0.29, 0.717) is 21.7 Å². The van der Waals surface area contributed by atoms with Gasteiger partial charge in [0.05, 0.1) is 10.0 Å². The van der Waals surface area contributed by atoms with Crippen molar-refractivity contribution < 1.29 is 0 Å². The van der Waals surface area contributed by atoms with Crippen molar-refractivity contribution in [3.05, 3.63) is 16.1 Å². The van der Waals surface area contributed by atoms with Crippen LogP contribution < -0.4 is 11.1 Å². The summed E-state index contributed by atoms with van der Waals surface area (Å²) in [6.45, 7) is 0.863. The van der Waals surface area contributed by atoms with Crippen LogP contribution >= 0.6 is 35.0 Å². The van der Waals surface area contributed by atoms with E-state index in [1.54, 1.807) is 6.07 Å².